The number of nitrogens with one attached hydrogen (secondary N) is 1. The van der Waals surface area contributed by atoms with Gasteiger partial charge in [0.05, 0.1) is 3.79 Å². The highest BCUT2D eigenvalue weighted by molar-refractivity contribution is 9.13. The lowest BCUT2D eigenvalue weighted by Gasteiger charge is -2.13. The van der Waals surface area contributed by atoms with Crippen LogP contribution in [0.4, 0.5) is 0 Å². The molecule has 0 aliphatic carbocycles. The number of carbonyl (C=O) groups excluding carboxylic acids is 2. The van der Waals surface area contributed by atoms with Crippen molar-refractivity contribution in [2.75, 3.05) is 0 Å². The first-order valence-corrected chi connectivity index (χ1v) is 8.85. The molecule has 0 saturated carbocycles. The molecule has 116 valence electrons. The van der Waals surface area contributed by atoms with Crippen molar-refractivity contribution in [1.82, 2.24) is 5.32 Å². The molecule has 0 saturated heterocycles. The van der Waals surface area contributed by atoms with Crippen LogP contribution in [0.5, 0.6) is 0 Å². The summed E-state index contributed by atoms with van der Waals surface area (Å²) in [6, 6.07) is 11.2. The van der Waals surface area contributed by atoms with Gasteiger partial charge in [0.2, 0.25) is 0 Å². The SMILES string of the molecule is CC(OC(=O)c1cc(Br)c(Br)s1)C(=O)NCc1ccccc1. The number of esters is 1. The van der Waals surface area contributed by atoms with E-state index in [4.69, 9.17) is 4.74 Å². The second kappa shape index (κ2) is 7.89. The van der Waals surface area contributed by atoms with E-state index in [9.17, 15) is 9.59 Å². The molecule has 1 aromatic carbocycles. The zero-order valence-corrected chi connectivity index (χ0v) is 15.6. The topological polar surface area (TPSA) is 55.4 Å². The van der Waals surface area contributed by atoms with Crippen molar-refractivity contribution in [3.63, 3.8) is 0 Å². The molecule has 0 aliphatic rings. The molecule has 0 spiro atoms. The minimum Gasteiger partial charge on any atom is -0.448 e. The van der Waals surface area contributed by atoms with Crippen LogP contribution in [-0.2, 0) is 16.1 Å². The fourth-order valence-corrected chi connectivity index (χ4v) is 3.57. The third-order valence-electron chi connectivity index (χ3n) is 2.81. The van der Waals surface area contributed by atoms with Crippen LogP contribution in [0.3, 0.4) is 0 Å². The van der Waals surface area contributed by atoms with Gasteiger partial charge in [0, 0.05) is 11.0 Å². The van der Waals surface area contributed by atoms with E-state index in [1.54, 1.807) is 13.0 Å². The molecule has 2 aromatic rings. The lowest BCUT2D eigenvalue weighted by molar-refractivity contribution is -0.129. The Kier molecular flexibility index (Phi) is 6.16. The van der Waals surface area contributed by atoms with Gasteiger partial charge in [-0.3, -0.25) is 4.79 Å². The smallest absolute Gasteiger partial charge is 0.349 e. The van der Waals surface area contributed by atoms with Gasteiger partial charge in [-0.1, -0.05) is 30.3 Å². The molecule has 0 aliphatic heterocycles. The Balaban J connectivity index is 1.87. The Hall–Kier alpha value is -1.18. The number of hydrogen-bond acceptors (Lipinski definition) is 4. The number of ether oxygens (including phenoxy) is 1. The van der Waals surface area contributed by atoms with Gasteiger partial charge in [0.15, 0.2) is 6.10 Å². The predicted molar refractivity (Wildman–Crippen MR) is 92.9 cm³/mol. The summed E-state index contributed by atoms with van der Waals surface area (Å²) in [6.45, 7) is 1.95. The highest BCUT2D eigenvalue weighted by Gasteiger charge is 2.20. The summed E-state index contributed by atoms with van der Waals surface area (Å²) in [5.74, 6) is -0.842. The molecule has 1 heterocycles. The number of hydrogen-bond donors (Lipinski definition) is 1. The second-order valence-corrected chi connectivity index (χ2v) is 7.71. The molecule has 0 bridgehead atoms. The summed E-state index contributed by atoms with van der Waals surface area (Å²) in [6.07, 6.45) is -0.851. The summed E-state index contributed by atoms with van der Waals surface area (Å²) in [5, 5.41) is 2.74. The van der Waals surface area contributed by atoms with Crippen LogP contribution >= 0.6 is 43.2 Å². The van der Waals surface area contributed by atoms with Crippen LogP contribution in [0.1, 0.15) is 22.2 Å². The van der Waals surface area contributed by atoms with E-state index >= 15 is 0 Å². The van der Waals surface area contributed by atoms with Crippen LogP contribution in [0, 0.1) is 0 Å². The number of thiophene rings is 1. The number of amides is 1. The minimum absolute atomic E-state index is 0.327. The van der Waals surface area contributed by atoms with Crippen molar-refractivity contribution < 1.29 is 14.3 Å². The monoisotopic (exact) mass is 445 g/mol. The number of benzene rings is 1. The Morgan fingerprint density at radius 3 is 2.55 bits per heavy atom. The van der Waals surface area contributed by atoms with Gasteiger partial charge in [0.25, 0.3) is 5.91 Å². The molecule has 0 radical (unpaired) electrons. The lowest BCUT2D eigenvalue weighted by Crippen LogP contribution is -2.35. The number of halogens is 2. The van der Waals surface area contributed by atoms with E-state index in [1.807, 2.05) is 30.3 Å². The highest BCUT2D eigenvalue weighted by Crippen LogP contribution is 2.32. The van der Waals surface area contributed by atoms with E-state index < -0.39 is 12.1 Å². The zero-order chi connectivity index (χ0) is 16.1. The van der Waals surface area contributed by atoms with E-state index in [0.717, 1.165) is 13.8 Å². The van der Waals surface area contributed by atoms with Crippen LogP contribution in [-0.4, -0.2) is 18.0 Å². The quantitative estimate of drug-likeness (QED) is 0.702. The zero-order valence-electron chi connectivity index (χ0n) is 11.6. The summed E-state index contributed by atoms with van der Waals surface area (Å²) in [4.78, 5) is 24.3. The van der Waals surface area contributed by atoms with Crippen molar-refractivity contribution in [3.05, 3.63) is 55.1 Å². The van der Waals surface area contributed by atoms with Crippen molar-refractivity contribution in [3.8, 4) is 0 Å². The van der Waals surface area contributed by atoms with Crippen molar-refractivity contribution in [2.24, 2.45) is 0 Å². The van der Waals surface area contributed by atoms with Gasteiger partial charge in [-0.05, 0) is 50.4 Å². The fourth-order valence-electron chi connectivity index (χ4n) is 1.65. The Bertz CT molecular complexity index is 653. The molecule has 22 heavy (non-hydrogen) atoms. The number of carbonyl (C=O) groups is 2. The van der Waals surface area contributed by atoms with Crippen LogP contribution in [0.15, 0.2) is 44.7 Å². The first-order valence-electron chi connectivity index (χ1n) is 6.45. The van der Waals surface area contributed by atoms with Gasteiger partial charge >= 0.3 is 5.97 Å². The Morgan fingerprint density at radius 1 is 1.27 bits per heavy atom. The first kappa shape index (κ1) is 17.2. The minimum atomic E-state index is -0.851. The Labute approximate surface area is 149 Å². The summed E-state index contributed by atoms with van der Waals surface area (Å²) in [5.41, 5.74) is 0.987. The lowest BCUT2D eigenvalue weighted by atomic mass is 10.2. The molecule has 1 aromatic heterocycles. The van der Waals surface area contributed by atoms with Gasteiger partial charge in [0.1, 0.15) is 4.88 Å². The van der Waals surface area contributed by atoms with Gasteiger partial charge in [-0.15, -0.1) is 11.3 Å². The highest BCUT2D eigenvalue weighted by atomic mass is 79.9. The molecule has 1 amide bonds. The fraction of sp³-hybridized carbons (Fsp3) is 0.200. The van der Waals surface area contributed by atoms with E-state index in [0.29, 0.717) is 11.4 Å². The maximum absolute atomic E-state index is 12.0. The molecule has 4 nitrogen and oxygen atoms in total. The second-order valence-electron chi connectivity index (χ2n) is 4.48. The molecule has 1 unspecified atom stereocenters. The number of rotatable bonds is 5. The third kappa shape index (κ3) is 4.66. The normalized spacial score (nSPS) is 11.8. The molecular weight excluding hydrogens is 434 g/mol. The van der Waals surface area contributed by atoms with Crippen LogP contribution in [0.2, 0.25) is 0 Å². The molecule has 0 fully saturated rings. The van der Waals surface area contributed by atoms with Crippen molar-refractivity contribution in [1.29, 1.82) is 0 Å². The van der Waals surface area contributed by atoms with Gasteiger partial charge in [-0.25, -0.2) is 4.79 Å². The summed E-state index contributed by atoms with van der Waals surface area (Å²) >= 11 is 7.87. The molecule has 1 atom stereocenters. The van der Waals surface area contributed by atoms with Crippen LogP contribution < -0.4 is 5.32 Å². The van der Waals surface area contributed by atoms with E-state index in [-0.39, 0.29) is 5.91 Å². The maximum Gasteiger partial charge on any atom is 0.349 e. The largest absolute Gasteiger partial charge is 0.448 e. The summed E-state index contributed by atoms with van der Waals surface area (Å²) < 4.78 is 6.76. The standard InChI is InChI=1S/C15H13Br2NO3S/c1-9(14(19)18-8-10-5-3-2-4-6-10)21-15(20)12-7-11(16)13(17)22-12/h2-7,9H,8H2,1H3,(H,18,19). The average molecular weight is 447 g/mol. The first-order chi connectivity index (χ1) is 10.5. The third-order valence-corrected chi connectivity index (χ3v) is 6.05. The van der Waals surface area contributed by atoms with Crippen LogP contribution in [0.25, 0.3) is 0 Å². The molecule has 2 rings (SSSR count). The Morgan fingerprint density at radius 2 is 1.95 bits per heavy atom. The van der Waals surface area contributed by atoms with Gasteiger partial charge in [-0.2, -0.15) is 0 Å². The van der Waals surface area contributed by atoms with Gasteiger partial charge < -0.3 is 10.1 Å². The predicted octanol–water partition coefficient (Wildman–Crippen LogP) is 4.13. The van der Waals surface area contributed by atoms with Crippen molar-refractivity contribution in [2.45, 2.75) is 19.6 Å². The van der Waals surface area contributed by atoms with Crippen molar-refractivity contribution >= 4 is 55.1 Å². The van der Waals surface area contributed by atoms with E-state index in [2.05, 4.69) is 37.2 Å². The summed E-state index contributed by atoms with van der Waals surface area (Å²) in [7, 11) is 0. The molecular formula is C15H13Br2NO3S. The average Bonchev–Trinajstić information content (AvgIpc) is 2.85. The molecule has 1 N–H and O–H groups in total. The van der Waals surface area contributed by atoms with E-state index in [1.165, 1.54) is 11.3 Å². The maximum atomic E-state index is 12.0. The molecule has 7 heteroatoms.